The van der Waals surface area contributed by atoms with Crippen LogP contribution in [0, 0.1) is 0 Å². The van der Waals surface area contributed by atoms with E-state index in [9.17, 15) is 0 Å². The van der Waals surface area contributed by atoms with Gasteiger partial charge in [-0.25, -0.2) is 0 Å². The second-order valence-corrected chi connectivity index (χ2v) is 4.10. The second-order valence-electron chi connectivity index (χ2n) is 4.10. The minimum Gasteiger partial charge on any atom is -0.489 e. The van der Waals surface area contributed by atoms with Gasteiger partial charge >= 0.3 is 0 Å². The van der Waals surface area contributed by atoms with Gasteiger partial charge in [0.25, 0.3) is 0 Å². The monoisotopic (exact) mass is 239 g/mol. The van der Waals surface area contributed by atoms with E-state index >= 15 is 0 Å². The van der Waals surface area contributed by atoms with Gasteiger partial charge in [-0.1, -0.05) is 48.5 Å². The molecule has 0 aliphatic heterocycles. The zero-order chi connectivity index (χ0) is 12.8. The fourth-order valence-corrected chi connectivity index (χ4v) is 1.66. The molecule has 2 rings (SSSR count). The zero-order valence-corrected chi connectivity index (χ0v) is 10.3. The molecule has 2 N–H and O–H groups in total. The number of ether oxygens (including phenoxy) is 1. The van der Waals surface area contributed by atoms with Crippen molar-refractivity contribution in [2.45, 2.75) is 12.6 Å². The summed E-state index contributed by atoms with van der Waals surface area (Å²) in [6, 6.07) is 17.8. The molecule has 0 aliphatic rings. The normalized spacial score (nSPS) is 11.8. The van der Waals surface area contributed by atoms with E-state index in [1.165, 1.54) is 0 Å². The molecule has 0 saturated carbocycles. The van der Waals surface area contributed by atoms with Gasteiger partial charge in [0.05, 0.1) is 0 Å². The van der Waals surface area contributed by atoms with Crippen LogP contribution in [0.1, 0.15) is 17.2 Å². The fourth-order valence-electron chi connectivity index (χ4n) is 1.66. The SMILES string of the molecule is C=CC(N)c1ccc(OCc2ccccc2)cc1. The van der Waals surface area contributed by atoms with Gasteiger partial charge in [0.1, 0.15) is 12.4 Å². The largest absolute Gasteiger partial charge is 0.489 e. The van der Waals surface area contributed by atoms with Crippen LogP contribution >= 0.6 is 0 Å². The van der Waals surface area contributed by atoms with E-state index in [4.69, 9.17) is 10.5 Å². The molecule has 2 nitrogen and oxygen atoms in total. The lowest BCUT2D eigenvalue weighted by Crippen LogP contribution is -2.06. The highest BCUT2D eigenvalue weighted by molar-refractivity contribution is 5.30. The molecule has 92 valence electrons. The molecule has 0 heterocycles. The van der Waals surface area contributed by atoms with Gasteiger partial charge < -0.3 is 10.5 Å². The number of hydrogen-bond acceptors (Lipinski definition) is 2. The third-order valence-electron chi connectivity index (χ3n) is 2.77. The van der Waals surface area contributed by atoms with Crippen LogP contribution in [-0.2, 0) is 6.61 Å². The Hall–Kier alpha value is -2.06. The maximum absolute atomic E-state index is 5.85. The molecule has 0 saturated heterocycles. The molecule has 0 amide bonds. The third-order valence-corrected chi connectivity index (χ3v) is 2.77. The van der Waals surface area contributed by atoms with Crippen molar-refractivity contribution in [3.8, 4) is 5.75 Å². The molecule has 18 heavy (non-hydrogen) atoms. The Morgan fingerprint density at radius 1 is 1.06 bits per heavy atom. The summed E-state index contributed by atoms with van der Waals surface area (Å²) in [5.74, 6) is 0.846. The van der Waals surface area contributed by atoms with E-state index in [-0.39, 0.29) is 6.04 Å². The van der Waals surface area contributed by atoms with Gasteiger partial charge in [0.15, 0.2) is 0 Å². The summed E-state index contributed by atoms with van der Waals surface area (Å²) in [6.45, 7) is 4.26. The number of benzene rings is 2. The van der Waals surface area contributed by atoms with Crippen LogP contribution in [0.5, 0.6) is 5.75 Å². The summed E-state index contributed by atoms with van der Waals surface area (Å²) in [5.41, 5.74) is 8.05. The molecule has 1 unspecified atom stereocenters. The molecule has 2 aromatic rings. The standard InChI is InChI=1S/C16H17NO/c1-2-16(17)14-8-10-15(11-9-14)18-12-13-6-4-3-5-7-13/h2-11,16H,1,12,17H2. The summed E-state index contributed by atoms with van der Waals surface area (Å²) >= 11 is 0. The molecule has 0 bridgehead atoms. The average Bonchev–Trinajstić information content (AvgIpc) is 2.46. The van der Waals surface area contributed by atoms with Gasteiger partial charge in [-0.15, -0.1) is 6.58 Å². The Bertz CT molecular complexity index is 490. The Labute approximate surface area is 108 Å². The highest BCUT2D eigenvalue weighted by Gasteiger charge is 2.01. The van der Waals surface area contributed by atoms with Crippen LogP contribution in [0.4, 0.5) is 0 Å². The minimum atomic E-state index is -0.117. The predicted molar refractivity (Wildman–Crippen MR) is 74.3 cm³/mol. The Kier molecular flexibility index (Phi) is 4.15. The lowest BCUT2D eigenvalue weighted by molar-refractivity contribution is 0.306. The molecular weight excluding hydrogens is 222 g/mol. The maximum Gasteiger partial charge on any atom is 0.119 e. The van der Waals surface area contributed by atoms with E-state index < -0.39 is 0 Å². The van der Waals surface area contributed by atoms with Gasteiger partial charge in [0.2, 0.25) is 0 Å². The zero-order valence-electron chi connectivity index (χ0n) is 10.3. The summed E-state index contributed by atoms with van der Waals surface area (Å²) in [4.78, 5) is 0. The number of hydrogen-bond donors (Lipinski definition) is 1. The minimum absolute atomic E-state index is 0.117. The Morgan fingerprint density at radius 3 is 2.33 bits per heavy atom. The van der Waals surface area contributed by atoms with E-state index in [1.54, 1.807) is 6.08 Å². The van der Waals surface area contributed by atoms with Crippen molar-refractivity contribution >= 4 is 0 Å². The van der Waals surface area contributed by atoms with Gasteiger partial charge in [-0.05, 0) is 23.3 Å². The molecule has 2 aromatic carbocycles. The quantitative estimate of drug-likeness (QED) is 0.811. The Balaban J connectivity index is 1.96. The van der Waals surface area contributed by atoms with Crippen molar-refractivity contribution in [2.75, 3.05) is 0 Å². The molecule has 2 heteroatoms. The van der Waals surface area contributed by atoms with Crippen LogP contribution in [0.25, 0.3) is 0 Å². The Morgan fingerprint density at radius 2 is 1.72 bits per heavy atom. The van der Waals surface area contributed by atoms with E-state index in [0.29, 0.717) is 6.61 Å². The summed E-state index contributed by atoms with van der Waals surface area (Å²) in [6.07, 6.45) is 1.72. The predicted octanol–water partition coefficient (Wildman–Crippen LogP) is 3.45. The van der Waals surface area contributed by atoms with Gasteiger partial charge in [-0.2, -0.15) is 0 Å². The summed E-state index contributed by atoms with van der Waals surface area (Å²) in [5, 5.41) is 0. The molecule has 1 atom stereocenters. The first-order valence-corrected chi connectivity index (χ1v) is 5.94. The van der Waals surface area contributed by atoms with E-state index in [1.807, 2.05) is 54.6 Å². The summed E-state index contributed by atoms with van der Waals surface area (Å²) in [7, 11) is 0. The summed E-state index contributed by atoms with van der Waals surface area (Å²) < 4.78 is 5.69. The smallest absolute Gasteiger partial charge is 0.119 e. The lowest BCUT2D eigenvalue weighted by atomic mass is 10.1. The van der Waals surface area contributed by atoms with Crippen molar-refractivity contribution in [2.24, 2.45) is 5.73 Å². The average molecular weight is 239 g/mol. The second kappa shape index (κ2) is 6.03. The van der Waals surface area contributed by atoms with Crippen molar-refractivity contribution in [1.82, 2.24) is 0 Å². The molecule has 0 aromatic heterocycles. The highest BCUT2D eigenvalue weighted by Crippen LogP contribution is 2.17. The first kappa shape index (κ1) is 12.4. The van der Waals surface area contributed by atoms with Crippen molar-refractivity contribution in [3.63, 3.8) is 0 Å². The van der Waals surface area contributed by atoms with E-state index in [2.05, 4.69) is 6.58 Å². The van der Waals surface area contributed by atoms with Crippen LogP contribution < -0.4 is 10.5 Å². The number of nitrogens with two attached hydrogens (primary N) is 1. The lowest BCUT2D eigenvalue weighted by Gasteiger charge is -2.09. The van der Waals surface area contributed by atoms with Crippen LogP contribution in [-0.4, -0.2) is 0 Å². The molecule has 0 aliphatic carbocycles. The number of rotatable bonds is 5. The highest BCUT2D eigenvalue weighted by atomic mass is 16.5. The first-order chi connectivity index (χ1) is 8.79. The molecule has 0 fully saturated rings. The third kappa shape index (κ3) is 3.22. The van der Waals surface area contributed by atoms with Crippen molar-refractivity contribution in [3.05, 3.63) is 78.4 Å². The van der Waals surface area contributed by atoms with E-state index in [0.717, 1.165) is 16.9 Å². The van der Waals surface area contributed by atoms with Crippen molar-refractivity contribution < 1.29 is 4.74 Å². The molecule has 0 radical (unpaired) electrons. The van der Waals surface area contributed by atoms with Gasteiger partial charge in [0, 0.05) is 6.04 Å². The van der Waals surface area contributed by atoms with Gasteiger partial charge in [-0.3, -0.25) is 0 Å². The first-order valence-electron chi connectivity index (χ1n) is 5.94. The van der Waals surface area contributed by atoms with Crippen molar-refractivity contribution in [1.29, 1.82) is 0 Å². The van der Waals surface area contributed by atoms with Crippen LogP contribution in [0.15, 0.2) is 67.3 Å². The topological polar surface area (TPSA) is 35.2 Å². The van der Waals surface area contributed by atoms with Crippen LogP contribution in [0.2, 0.25) is 0 Å². The molecule has 0 spiro atoms. The molecular formula is C16H17NO. The van der Waals surface area contributed by atoms with Crippen LogP contribution in [0.3, 0.4) is 0 Å². The fraction of sp³-hybridized carbons (Fsp3) is 0.125. The maximum atomic E-state index is 5.85.